The molecule has 0 spiro atoms. The van der Waals surface area contributed by atoms with Crippen molar-refractivity contribution in [2.45, 2.75) is 19.3 Å². The van der Waals surface area contributed by atoms with Crippen LogP contribution in [0.4, 0.5) is 0 Å². The summed E-state index contributed by atoms with van der Waals surface area (Å²) in [6.45, 7) is 1.37. The van der Waals surface area contributed by atoms with Gasteiger partial charge in [0, 0.05) is 0 Å². The van der Waals surface area contributed by atoms with E-state index in [2.05, 4.69) is 26.8 Å². The molecule has 1 aliphatic rings. The second-order valence-electron chi connectivity index (χ2n) is 4.14. The molecule has 1 saturated carbocycles. The van der Waals surface area contributed by atoms with Crippen molar-refractivity contribution >= 4 is 15.9 Å². The van der Waals surface area contributed by atoms with Crippen molar-refractivity contribution in [1.82, 2.24) is 0 Å². The predicted molar refractivity (Wildman–Crippen MR) is 66.2 cm³/mol. The highest BCUT2D eigenvalue weighted by Gasteiger charge is 2.22. The number of rotatable bonds is 6. The molecule has 3 nitrogen and oxygen atoms in total. The Labute approximate surface area is 104 Å². The lowest BCUT2D eigenvalue weighted by atomic mass is 10.1. The molecule has 4 heteroatoms. The molecule has 0 aliphatic heterocycles. The van der Waals surface area contributed by atoms with Gasteiger partial charge in [-0.25, -0.2) is 5.90 Å². The van der Waals surface area contributed by atoms with E-state index in [1.165, 1.54) is 18.4 Å². The average Bonchev–Trinajstić information content (AvgIpc) is 3.09. The first-order valence-corrected chi connectivity index (χ1v) is 6.32. The van der Waals surface area contributed by atoms with Gasteiger partial charge in [0.25, 0.3) is 0 Å². The third kappa shape index (κ3) is 3.47. The number of benzene rings is 1. The predicted octanol–water partition coefficient (Wildman–Crippen LogP) is 2.67. The molecule has 0 amide bonds. The minimum absolute atomic E-state index is 0.536. The number of nitrogens with two attached hydrogens (primary N) is 1. The second kappa shape index (κ2) is 5.66. The summed E-state index contributed by atoms with van der Waals surface area (Å²) in [7, 11) is 0. The largest absolute Gasteiger partial charge is 0.492 e. The van der Waals surface area contributed by atoms with E-state index in [1.54, 1.807) is 0 Å². The minimum atomic E-state index is 0.536. The zero-order valence-electron chi connectivity index (χ0n) is 9.12. The Bertz CT molecular complexity index is 353. The second-order valence-corrected chi connectivity index (χ2v) is 4.99. The molecule has 0 heterocycles. The van der Waals surface area contributed by atoms with Crippen LogP contribution in [0.15, 0.2) is 22.7 Å². The highest BCUT2D eigenvalue weighted by atomic mass is 79.9. The molecule has 1 aliphatic carbocycles. The van der Waals surface area contributed by atoms with Crippen molar-refractivity contribution in [3.63, 3.8) is 0 Å². The third-order valence-corrected chi connectivity index (χ3v) is 3.30. The van der Waals surface area contributed by atoms with E-state index in [4.69, 9.17) is 10.6 Å². The van der Waals surface area contributed by atoms with Gasteiger partial charge in [-0.2, -0.15) is 0 Å². The number of ether oxygens (including phenoxy) is 1. The number of halogens is 1. The smallest absolute Gasteiger partial charge is 0.133 e. The third-order valence-electron chi connectivity index (χ3n) is 2.68. The van der Waals surface area contributed by atoms with Gasteiger partial charge in [0.15, 0.2) is 0 Å². The molecule has 0 atom stereocenters. The highest BCUT2D eigenvalue weighted by Crippen LogP contribution is 2.32. The summed E-state index contributed by atoms with van der Waals surface area (Å²) in [6.07, 6.45) is 3.44. The van der Waals surface area contributed by atoms with Gasteiger partial charge < -0.3 is 9.57 Å². The van der Waals surface area contributed by atoms with Crippen LogP contribution in [-0.4, -0.2) is 13.2 Å². The van der Waals surface area contributed by atoms with Gasteiger partial charge in [0.05, 0.1) is 17.7 Å². The average molecular weight is 286 g/mol. The molecule has 88 valence electrons. The monoisotopic (exact) mass is 285 g/mol. The molecule has 2 rings (SSSR count). The maximum absolute atomic E-state index is 5.72. The van der Waals surface area contributed by atoms with E-state index < -0.39 is 0 Å². The summed E-state index contributed by atoms with van der Waals surface area (Å²) in [5, 5.41) is 0. The molecule has 0 aromatic heterocycles. The van der Waals surface area contributed by atoms with Crippen molar-refractivity contribution in [2.75, 3.05) is 13.2 Å². The van der Waals surface area contributed by atoms with E-state index in [0.29, 0.717) is 6.61 Å². The van der Waals surface area contributed by atoms with E-state index in [1.807, 2.05) is 12.1 Å². The van der Waals surface area contributed by atoms with Crippen LogP contribution in [0.5, 0.6) is 5.75 Å². The van der Waals surface area contributed by atoms with Crippen LogP contribution in [0, 0.1) is 5.92 Å². The lowest BCUT2D eigenvalue weighted by Crippen LogP contribution is -2.04. The molecule has 0 saturated heterocycles. The molecule has 16 heavy (non-hydrogen) atoms. The van der Waals surface area contributed by atoms with Crippen LogP contribution in [0.1, 0.15) is 18.4 Å². The van der Waals surface area contributed by atoms with Gasteiger partial charge in [-0.05, 0) is 58.8 Å². The van der Waals surface area contributed by atoms with Crippen LogP contribution >= 0.6 is 15.9 Å². The molecule has 0 bridgehead atoms. The molecule has 1 aromatic rings. The highest BCUT2D eigenvalue weighted by molar-refractivity contribution is 9.10. The molecule has 1 fully saturated rings. The van der Waals surface area contributed by atoms with Crippen molar-refractivity contribution < 1.29 is 9.57 Å². The van der Waals surface area contributed by atoms with Crippen molar-refractivity contribution in [1.29, 1.82) is 0 Å². The summed E-state index contributed by atoms with van der Waals surface area (Å²) in [6, 6.07) is 6.10. The van der Waals surface area contributed by atoms with Gasteiger partial charge in [-0.3, -0.25) is 0 Å². The Morgan fingerprint density at radius 2 is 2.19 bits per heavy atom. The van der Waals surface area contributed by atoms with E-state index in [-0.39, 0.29) is 0 Å². The van der Waals surface area contributed by atoms with Crippen molar-refractivity contribution in [2.24, 2.45) is 11.8 Å². The summed E-state index contributed by atoms with van der Waals surface area (Å²) in [5.41, 5.74) is 1.19. The van der Waals surface area contributed by atoms with E-state index >= 15 is 0 Å². The zero-order valence-corrected chi connectivity index (χ0v) is 10.7. The summed E-state index contributed by atoms with van der Waals surface area (Å²) in [4.78, 5) is 4.56. The fourth-order valence-electron chi connectivity index (χ4n) is 1.49. The normalized spacial score (nSPS) is 15.1. The number of hydrogen-bond donors (Lipinski definition) is 1. The fraction of sp³-hybridized carbons (Fsp3) is 0.500. The minimum Gasteiger partial charge on any atom is -0.492 e. The first-order valence-electron chi connectivity index (χ1n) is 5.52. The number of hydrogen-bond acceptors (Lipinski definition) is 3. The van der Waals surface area contributed by atoms with Crippen LogP contribution in [-0.2, 0) is 11.3 Å². The Morgan fingerprint density at radius 1 is 1.38 bits per heavy atom. The topological polar surface area (TPSA) is 44.5 Å². The standard InChI is InChI=1S/C12H16BrNO2/c13-11-7-9(5-6-16-14)3-4-12(11)15-8-10-1-2-10/h3-4,7,10H,1-2,5-6,8,14H2. The lowest BCUT2D eigenvalue weighted by molar-refractivity contribution is 0.141. The Hall–Kier alpha value is -0.580. The molecule has 0 unspecified atom stereocenters. The lowest BCUT2D eigenvalue weighted by Gasteiger charge is -2.09. The van der Waals surface area contributed by atoms with E-state index in [0.717, 1.165) is 29.2 Å². The summed E-state index contributed by atoms with van der Waals surface area (Å²) < 4.78 is 6.72. The molecule has 0 radical (unpaired) electrons. The molecule has 2 N–H and O–H groups in total. The quantitative estimate of drug-likeness (QED) is 0.818. The Kier molecular flexibility index (Phi) is 4.21. The summed E-state index contributed by atoms with van der Waals surface area (Å²) in [5.74, 6) is 6.69. The van der Waals surface area contributed by atoms with Crippen LogP contribution in [0.25, 0.3) is 0 Å². The molecular formula is C12H16BrNO2. The van der Waals surface area contributed by atoms with Crippen LogP contribution in [0.3, 0.4) is 0 Å². The van der Waals surface area contributed by atoms with Crippen LogP contribution in [0.2, 0.25) is 0 Å². The van der Waals surface area contributed by atoms with E-state index in [9.17, 15) is 0 Å². The first kappa shape index (κ1) is 11.9. The van der Waals surface area contributed by atoms with Crippen LogP contribution < -0.4 is 10.6 Å². The van der Waals surface area contributed by atoms with Crippen molar-refractivity contribution in [3.8, 4) is 5.75 Å². The van der Waals surface area contributed by atoms with Gasteiger partial charge in [-0.15, -0.1) is 0 Å². The summed E-state index contributed by atoms with van der Waals surface area (Å²) >= 11 is 3.51. The molecular weight excluding hydrogens is 270 g/mol. The zero-order chi connectivity index (χ0) is 11.4. The molecule has 1 aromatic carbocycles. The first-order chi connectivity index (χ1) is 7.79. The van der Waals surface area contributed by atoms with Crippen molar-refractivity contribution in [3.05, 3.63) is 28.2 Å². The SMILES string of the molecule is NOCCc1ccc(OCC2CC2)c(Br)c1. The van der Waals surface area contributed by atoms with Gasteiger partial charge in [-0.1, -0.05) is 6.07 Å². The maximum Gasteiger partial charge on any atom is 0.133 e. The van der Waals surface area contributed by atoms with Gasteiger partial charge in [0.2, 0.25) is 0 Å². The Balaban J connectivity index is 1.92. The van der Waals surface area contributed by atoms with Gasteiger partial charge >= 0.3 is 0 Å². The van der Waals surface area contributed by atoms with Gasteiger partial charge in [0.1, 0.15) is 5.75 Å². The fourth-order valence-corrected chi connectivity index (χ4v) is 2.03. The Morgan fingerprint density at radius 3 is 2.81 bits per heavy atom. The maximum atomic E-state index is 5.72.